The minimum Gasteiger partial charge on any atom is -0.324 e. The van der Waals surface area contributed by atoms with Crippen molar-refractivity contribution in [3.05, 3.63) is 59.1 Å². The molecule has 0 fully saturated rings. The summed E-state index contributed by atoms with van der Waals surface area (Å²) in [5.41, 5.74) is 1.25. The van der Waals surface area contributed by atoms with Crippen molar-refractivity contribution in [1.82, 2.24) is 9.21 Å². The summed E-state index contributed by atoms with van der Waals surface area (Å²) < 4.78 is 27.1. The molecule has 0 spiro atoms. The second-order valence-corrected chi connectivity index (χ2v) is 8.92. The molecule has 1 atom stereocenters. The summed E-state index contributed by atoms with van der Waals surface area (Å²) in [5.74, 6) is -0.242. The summed E-state index contributed by atoms with van der Waals surface area (Å²) in [7, 11) is -1.87. The number of sulfonamides is 1. The van der Waals surface area contributed by atoms with Crippen LogP contribution in [0.2, 0.25) is 5.02 Å². The molecule has 2 aromatic carbocycles. The second kappa shape index (κ2) is 10.2. The monoisotopic (exact) mass is 437 g/mol. The van der Waals surface area contributed by atoms with Crippen LogP contribution in [-0.4, -0.2) is 50.2 Å². The standard InChI is InChI=1S/C21H28ClN3O3S/c1-5-24(4)20(16-11-9-8-10-12-16)21(26)23-17-13-14-18(22)19(15-17)29(27,28)25(6-2)7-3/h8-15,20H,5-7H2,1-4H3,(H,23,26). The topological polar surface area (TPSA) is 69.7 Å². The highest BCUT2D eigenvalue weighted by Crippen LogP contribution is 2.29. The Morgan fingerprint density at radius 1 is 1.03 bits per heavy atom. The summed E-state index contributed by atoms with van der Waals surface area (Å²) in [4.78, 5) is 15.0. The number of hydrogen-bond acceptors (Lipinski definition) is 4. The van der Waals surface area contributed by atoms with Crippen molar-refractivity contribution in [2.75, 3.05) is 32.0 Å². The molecule has 0 radical (unpaired) electrons. The van der Waals surface area contributed by atoms with Gasteiger partial charge in [0.15, 0.2) is 0 Å². The second-order valence-electron chi connectivity index (χ2n) is 6.61. The van der Waals surface area contributed by atoms with E-state index in [0.29, 0.717) is 25.3 Å². The zero-order chi connectivity index (χ0) is 21.6. The molecular weight excluding hydrogens is 410 g/mol. The molecule has 2 aromatic rings. The third-order valence-corrected chi connectivity index (χ3v) is 7.36. The molecule has 0 aromatic heterocycles. The van der Waals surface area contributed by atoms with E-state index >= 15 is 0 Å². The van der Waals surface area contributed by atoms with Crippen LogP contribution in [0.15, 0.2) is 53.4 Å². The zero-order valence-electron chi connectivity index (χ0n) is 17.2. The Morgan fingerprint density at radius 2 is 1.66 bits per heavy atom. The average Bonchev–Trinajstić information content (AvgIpc) is 2.70. The summed E-state index contributed by atoms with van der Waals surface area (Å²) in [5, 5.41) is 2.97. The number of carbonyl (C=O) groups is 1. The molecular formula is C21H28ClN3O3S. The Hall–Kier alpha value is -1.93. The van der Waals surface area contributed by atoms with Crippen LogP contribution in [0.4, 0.5) is 5.69 Å². The SMILES string of the molecule is CCN(C)C(C(=O)Nc1ccc(Cl)c(S(=O)(=O)N(CC)CC)c1)c1ccccc1. The predicted octanol–water partition coefficient (Wildman–Crippen LogP) is 4.00. The molecule has 1 N–H and O–H groups in total. The number of benzene rings is 2. The highest BCUT2D eigenvalue weighted by molar-refractivity contribution is 7.89. The first-order chi connectivity index (χ1) is 13.8. The number of likely N-dealkylation sites (N-methyl/N-ethyl adjacent to an activating group) is 1. The normalized spacial score (nSPS) is 12.9. The quantitative estimate of drug-likeness (QED) is 0.643. The molecule has 1 unspecified atom stereocenters. The largest absolute Gasteiger partial charge is 0.324 e. The third-order valence-electron chi connectivity index (χ3n) is 4.83. The molecule has 6 nitrogen and oxygen atoms in total. The van der Waals surface area contributed by atoms with Crippen molar-refractivity contribution in [2.24, 2.45) is 0 Å². The number of amides is 1. The van der Waals surface area contributed by atoms with Gasteiger partial charge in [0, 0.05) is 18.8 Å². The van der Waals surface area contributed by atoms with E-state index in [1.165, 1.54) is 16.4 Å². The molecule has 0 saturated carbocycles. The number of rotatable bonds is 9. The summed E-state index contributed by atoms with van der Waals surface area (Å²) in [6, 6.07) is 13.5. The molecule has 2 rings (SSSR count). The Bertz CT molecular complexity index is 931. The van der Waals surface area contributed by atoms with Crippen molar-refractivity contribution in [3.63, 3.8) is 0 Å². The summed E-state index contributed by atoms with van der Waals surface area (Å²) >= 11 is 6.18. The van der Waals surface area contributed by atoms with Crippen molar-refractivity contribution < 1.29 is 13.2 Å². The van der Waals surface area contributed by atoms with E-state index in [1.54, 1.807) is 19.9 Å². The number of anilines is 1. The predicted molar refractivity (Wildman–Crippen MR) is 118 cm³/mol. The van der Waals surface area contributed by atoms with Gasteiger partial charge in [-0.1, -0.05) is 62.7 Å². The van der Waals surface area contributed by atoms with E-state index in [2.05, 4.69) is 5.32 Å². The third kappa shape index (κ3) is 5.36. The molecule has 0 aliphatic rings. The Balaban J connectivity index is 2.37. The van der Waals surface area contributed by atoms with Crippen LogP contribution in [-0.2, 0) is 14.8 Å². The van der Waals surface area contributed by atoms with Crippen LogP contribution in [0.25, 0.3) is 0 Å². The van der Waals surface area contributed by atoms with Crippen LogP contribution in [0.1, 0.15) is 32.4 Å². The lowest BCUT2D eigenvalue weighted by Crippen LogP contribution is -2.34. The maximum Gasteiger partial charge on any atom is 0.246 e. The van der Waals surface area contributed by atoms with Gasteiger partial charge < -0.3 is 5.32 Å². The van der Waals surface area contributed by atoms with Crippen molar-refractivity contribution >= 4 is 33.2 Å². The number of hydrogen-bond donors (Lipinski definition) is 1. The van der Waals surface area contributed by atoms with Crippen molar-refractivity contribution in [1.29, 1.82) is 0 Å². The maximum absolute atomic E-state index is 13.1. The zero-order valence-corrected chi connectivity index (χ0v) is 18.8. The fraction of sp³-hybridized carbons (Fsp3) is 0.381. The summed E-state index contributed by atoms with van der Waals surface area (Å²) in [6.07, 6.45) is 0. The van der Waals surface area contributed by atoms with E-state index in [9.17, 15) is 13.2 Å². The smallest absolute Gasteiger partial charge is 0.246 e. The van der Waals surface area contributed by atoms with Crippen LogP contribution >= 0.6 is 11.6 Å². The molecule has 0 aliphatic heterocycles. The Kier molecular flexibility index (Phi) is 8.22. The Morgan fingerprint density at radius 3 is 2.21 bits per heavy atom. The highest BCUT2D eigenvalue weighted by atomic mass is 35.5. The van der Waals surface area contributed by atoms with Crippen LogP contribution < -0.4 is 5.32 Å². The molecule has 0 aliphatic carbocycles. The molecule has 0 heterocycles. The van der Waals surface area contributed by atoms with Gasteiger partial charge in [-0.2, -0.15) is 4.31 Å². The minimum absolute atomic E-state index is 0.0132. The fourth-order valence-corrected chi connectivity index (χ4v) is 5.07. The van der Waals surface area contributed by atoms with Gasteiger partial charge >= 0.3 is 0 Å². The van der Waals surface area contributed by atoms with Gasteiger partial charge in [0.2, 0.25) is 15.9 Å². The molecule has 1 amide bonds. The number of halogens is 1. The molecule has 0 saturated heterocycles. The van der Waals surface area contributed by atoms with Gasteiger partial charge in [0.05, 0.1) is 5.02 Å². The van der Waals surface area contributed by atoms with Crippen LogP contribution in [0, 0.1) is 0 Å². The van der Waals surface area contributed by atoms with E-state index in [4.69, 9.17) is 11.6 Å². The highest BCUT2D eigenvalue weighted by Gasteiger charge is 2.27. The first-order valence-corrected chi connectivity index (χ1v) is 11.4. The lowest BCUT2D eigenvalue weighted by atomic mass is 10.0. The molecule has 158 valence electrons. The molecule has 0 bridgehead atoms. The van der Waals surface area contributed by atoms with Gasteiger partial charge in [-0.05, 0) is 37.4 Å². The Labute approximate surface area is 178 Å². The van der Waals surface area contributed by atoms with Gasteiger partial charge in [0.1, 0.15) is 10.9 Å². The number of nitrogens with one attached hydrogen (secondary N) is 1. The maximum atomic E-state index is 13.1. The lowest BCUT2D eigenvalue weighted by molar-refractivity contribution is -0.121. The van der Waals surface area contributed by atoms with Crippen molar-refractivity contribution in [2.45, 2.75) is 31.7 Å². The first kappa shape index (κ1) is 23.3. The number of carbonyl (C=O) groups excluding carboxylic acids is 1. The van der Waals surface area contributed by atoms with Crippen molar-refractivity contribution in [3.8, 4) is 0 Å². The van der Waals surface area contributed by atoms with Crippen LogP contribution in [0.3, 0.4) is 0 Å². The van der Waals surface area contributed by atoms with E-state index in [-0.39, 0.29) is 15.8 Å². The van der Waals surface area contributed by atoms with Gasteiger partial charge in [0.25, 0.3) is 0 Å². The van der Waals surface area contributed by atoms with E-state index in [1.807, 2.05) is 49.2 Å². The van der Waals surface area contributed by atoms with E-state index < -0.39 is 16.1 Å². The number of nitrogens with zero attached hydrogens (tertiary/aromatic N) is 2. The van der Waals surface area contributed by atoms with Gasteiger partial charge in [-0.3, -0.25) is 9.69 Å². The molecule has 29 heavy (non-hydrogen) atoms. The van der Waals surface area contributed by atoms with Gasteiger partial charge in [-0.25, -0.2) is 8.42 Å². The van der Waals surface area contributed by atoms with E-state index in [0.717, 1.165) is 5.56 Å². The summed E-state index contributed by atoms with van der Waals surface area (Å²) in [6.45, 7) is 6.86. The lowest BCUT2D eigenvalue weighted by Gasteiger charge is -2.26. The first-order valence-electron chi connectivity index (χ1n) is 9.61. The van der Waals surface area contributed by atoms with Gasteiger partial charge in [-0.15, -0.1) is 0 Å². The minimum atomic E-state index is -3.74. The van der Waals surface area contributed by atoms with Crippen LogP contribution in [0.5, 0.6) is 0 Å². The average molecular weight is 438 g/mol. The molecule has 8 heteroatoms. The fourth-order valence-electron chi connectivity index (χ4n) is 3.12.